The molecule has 3 aromatic carbocycles. The molecule has 7 heteroatoms. The van der Waals surface area contributed by atoms with E-state index in [2.05, 4.69) is 56.1 Å². The fourth-order valence-corrected chi connectivity index (χ4v) is 4.72. The Labute approximate surface area is 215 Å². The van der Waals surface area contributed by atoms with Crippen molar-refractivity contribution in [3.05, 3.63) is 98.1 Å². The van der Waals surface area contributed by atoms with Crippen molar-refractivity contribution in [1.82, 2.24) is 0 Å². The number of aliphatic carboxylic acids is 1. The Hall–Kier alpha value is -2.22. The largest absolute Gasteiger partial charge is 0.497 e. The Kier molecular flexibility index (Phi) is 9.47. The highest BCUT2D eigenvalue weighted by molar-refractivity contribution is 9.10. The number of hydrogen-bond acceptors (Lipinski definition) is 4. The van der Waals surface area contributed by atoms with Crippen molar-refractivity contribution in [3.63, 3.8) is 0 Å². The van der Waals surface area contributed by atoms with E-state index in [1.54, 1.807) is 11.8 Å². The fraction of sp³-hybridized carbons (Fsp3) is 0.192. The van der Waals surface area contributed by atoms with Crippen LogP contribution >= 0.6 is 43.6 Å². The molecule has 0 saturated heterocycles. The Bertz CT molecular complexity index is 1080. The van der Waals surface area contributed by atoms with Crippen LogP contribution in [0.5, 0.6) is 5.75 Å². The van der Waals surface area contributed by atoms with Crippen molar-refractivity contribution < 1.29 is 19.4 Å². The summed E-state index contributed by atoms with van der Waals surface area (Å²) in [5.74, 6) is 1.13. The summed E-state index contributed by atoms with van der Waals surface area (Å²) in [6.07, 6.45) is 0. The molecule has 33 heavy (non-hydrogen) atoms. The molecule has 4 nitrogen and oxygen atoms in total. The average molecular weight is 592 g/mol. The summed E-state index contributed by atoms with van der Waals surface area (Å²) < 4.78 is 13.5. The second-order valence-electron chi connectivity index (χ2n) is 7.14. The number of hydrogen-bond donors (Lipinski definition) is 1. The summed E-state index contributed by atoms with van der Waals surface area (Å²) in [4.78, 5) is 11.8. The molecule has 0 aliphatic carbocycles. The molecule has 0 radical (unpaired) electrons. The van der Waals surface area contributed by atoms with Gasteiger partial charge in [-0.1, -0.05) is 56.1 Å². The first kappa shape index (κ1) is 25.4. The first-order chi connectivity index (χ1) is 15.9. The Morgan fingerprint density at radius 2 is 1.52 bits per heavy atom. The van der Waals surface area contributed by atoms with E-state index in [4.69, 9.17) is 14.6 Å². The molecule has 0 heterocycles. The molecule has 172 valence electrons. The third-order valence-corrected chi connectivity index (χ3v) is 6.78. The maximum atomic E-state index is 10.8. The summed E-state index contributed by atoms with van der Waals surface area (Å²) in [5, 5.41) is 8.83. The molecule has 0 aliphatic heterocycles. The summed E-state index contributed by atoms with van der Waals surface area (Å²) in [6, 6.07) is 22.2. The number of benzene rings is 3. The molecule has 0 amide bonds. The molecule has 3 aromatic rings. The maximum Gasteiger partial charge on any atom is 0.341 e. The minimum atomic E-state index is -0.993. The Balaban J connectivity index is 1.93. The number of thioether (sulfide) groups is 1. The number of rotatable bonds is 10. The Morgan fingerprint density at radius 1 is 0.939 bits per heavy atom. The van der Waals surface area contributed by atoms with Crippen LogP contribution in [0.1, 0.15) is 23.6 Å². The fourth-order valence-electron chi connectivity index (χ4n) is 3.24. The summed E-state index contributed by atoms with van der Waals surface area (Å²) >= 11 is 8.71. The normalized spacial score (nSPS) is 10.5. The molecule has 0 fully saturated rings. The summed E-state index contributed by atoms with van der Waals surface area (Å²) in [6.45, 7) is 4.11. The average Bonchev–Trinajstić information content (AvgIpc) is 2.79. The number of ether oxygens (including phenoxy) is 2. The second-order valence-corrected chi connectivity index (χ2v) is 10.0. The number of carboxylic acid groups (broad SMARTS) is 1. The highest BCUT2D eigenvalue weighted by atomic mass is 79.9. The molecule has 1 N–H and O–H groups in total. The predicted molar refractivity (Wildman–Crippen MR) is 141 cm³/mol. The highest BCUT2D eigenvalue weighted by Crippen LogP contribution is 2.34. The van der Waals surface area contributed by atoms with Gasteiger partial charge in [0, 0.05) is 19.4 Å². The van der Waals surface area contributed by atoms with Gasteiger partial charge < -0.3 is 14.6 Å². The molecule has 0 bridgehead atoms. The van der Waals surface area contributed by atoms with Crippen LogP contribution in [-0.2, 0) is 9.53 Å². The third kappa shape index (κ3) is 7.39. The first-order valence-electron chi connectivity index (χ1n) is 10.3. The molecular formula is C26H24Br2O4S. The molecule has 3 rings (SSSR count). The monoisotopic (exact) mass is 590 g/mol. The molecule has 0 aromatic heterocycles. The van der Waals surface area contributed by atoms with Gasteiger partial charge in [-0.25, -0.2) is 4.79 Å². The first-order valence-corrected chi connectivity index (χ1v) is 12.9. The van der Waals surface area contributed by atoms with Crippen molar-refractivity contribution in [3.8, 4) is 5.75 Å². The smallest absolute Gasteiger partial charge is 0.341 e. The van der Waals surface area contributed by atoms with Gasteiger partial charge in [-0.3, -0.25) is 0 Å². The van der Waals surface area contributed by atoms with Gasteiger partial charge in [-0.15, -0.1) is 11.8 Å². The zero-order valence-electron chi connectivity index (χ0n) is 18.3. The van der Waals surface area contributed by atoms with E-state index >= 15 is 0 Å². The quantitative estimate of drug-likeness (QED) is 0.195. The van der Waals surface area contributed by atoms with Crippen molar-refractivity contribution in [2.24, 2.45) is 0 Å². The molecule has 0 aliphatic rings. The predicted octanol–water partition coefficient (Wildman–Crippen LogP) is 7.57. The standard InChI is InChI=1S/C26H24Br2O4S/c1-3-31-24(16-33-22-12-13-23(17(2)14-22)32-15-25(29)30)26(18-4-8-20(27)9-5-18)19-6-10-21(28)11-7-19/h4-14H,3,15-16H2,1-2H3,(H,29,30). The Morgan fingerprint density at radius 3 is 2.00 bits per heavy atom. The van der Waals surface area contributed by atoms with E-state index in [1.807, 2.05) is 56.3 Å². The number of halogens is 2. The van der Waals surface area contributed by atoms with Crippen molar-refractivity contribution in [2.45, 2.75) is 18.7 Å². The van der Waals surface area contributed by atoms with E-state index in [9.17, 15) is 4.79 Å². The van der Waals surface area contributed by atoms with Crippen LogP contribution in [0.15, 0.2) is 86.3 Å². The van der Waals surface area contributed by atoms with Crippen LogP contribution in [0.2, 0.25) is 0 Å². The van der Waals surface area contributed by atoms with Crippen molar-refractivity contribution in [1.29, 1.82) is 0 Å². The molecule has 0 unspecified atom stereocenters. The van der Waals surface area contributed by atoms with Gasteiger partial charge in [0.1, 0.15) is 11.5 Å². The van der Waals surface area contributed by atoms with Crippen LogP contribution in [0.25, 0.3) is 5.57 Å². The van der Waals surface area contributed by atoms with Gasteiger partial charge in [-0.05, 0) is 73.0 Å². The summed E-state index contributed by atoms with van der Waals surface area (Å²) in [7, 11) is 0. The van der Waals surface area contributed by atoms with E-state index < -0.39 is 5.97 Å². The van der Waals surface area contributed by atoms with Gasteiger partial charge >= 0.3 is 5.97 Å². The van der Waals surface area contributed by atoms with E-state index in [1.165, 1.54) is 0 Å². The SMILES string of the molecule is CCOC(CSc1ccc(OCC(=O)O)c(C)c1)=C(c1ccc(Br)cc1)c1ccc(Br)cc1. The maximum absolute atomic E-state index is 10.8. The van der Waals surface area contributed by atoms with Gasteiger partial charge in [0.05, 0.1) is 12.4 Å². The zero-order valence-corrected chi connectivity index (χ0v) is 22.3. The minimum absolute atomic E-state index is 0.353. The number of carbonyl (C=O) groups is 1. The second kappa shape index (κ2) is 12.3. The van der Waals surface area contributed by atoms with E-state index in [-0.39, 0.29) is 6.61 Å². The topological polar surface area (TPSA) is 55.8 Å². The van der Waals surface area contributed by atoms with Gasteiger partial charge in [-0.2, -0.15) is 0 Å². The van der Waals surface area contributed by atoms with Gasteiger partial charge in [0.15, 0.2) is 6.61 Å². The van der Waals surface area contributed by atoms with Crippen LogP contribution in [-0.4, -0.2) is 30.0 Å². The lowest BCUT2D eigenvalue weighted by molar-refractivity contribution is -0.139. The summed E-state index contributed by atoms with van der Waals surface area (Å²) in [5.41, 5.74) is 4.11. The van der Waals surface area contributed by atoms with Crippen LogP contribution in [0.3, 0.4) is 0 Å². The van der Waals surface area contributed by atoms with Crippen LogP contribution < -0.4 is 4.74 Å². The third-order valence-electron chi connectivity index (χ3n) is 4.73. The zero-order chi connectivity index (χ0) is 23.8. The lowest BCUT2D eigenvalue weighted by atomic mass is 9.97. The molecule has 0 saturated carbocycles. The van der Waals surface area contributed by atoms with Crippen molar-refractivity contribution >= 4 is 55.2 Å². The molecule has 0 atom stereocenters. The van der Waals surface area contributed by atoms with E-state index in [0.717, 1.165) is 41.9 Å². The highest BCUT2D eigenvalue weighted by Gasteiger charge is 2.15. The lowest BCUT2D eigenvalue weighted by Gasteiger charge is -2.17. The van der Waals surface area contributed by atoms with E-state index in [0.29, 0.717) is 18.1 Å². The number of aryl methyl sites for hydroxylation is 1. The van der Waals surface area contributed by atoms with Gasteiger partial charge in [0.25, 0.3) is 0 Å². The number of carboxylic acids is 1. The van der Waals surface area contributed by atoms with Crippen LogP contribution in [0, 0.1) is 6.92 Å². The van der Waals surface area contributed by atoms with Crippen LogP contribution in [0.4, 0.5) is 0 Å². The van der Waals surface area contributed by atoms with Crippen molar-refractivity contribution in [2.75, 3.05) is 19.0 Å². The molecular weight excluding hydrogens is 568 g/mol. The lowest BCUT2D eigenvalue weighted by Crippen LogP contribution is -2.10. The minimum Gasteiger partial charge on any atom is -0.497 e. The molecule has 0 spiro atoms. The van der Waals surface area contributed by atoms with Gasteiger partial charge in [0.2, 0.25) is 0 Å².